The molecule has 1 unspecified atom stereocenters. The van der Waals surface area contributed by atoms with E-state index in [1.165, 1.54) is 11.1 Å². The Labute approximate surface area is 148 Å². The maximum atomic E-state index is 12.9. The molecule has 4 rings (SSSR count). The lowest BCUT2D eigenvalue weighted by Gasteiger charge is -2.30. The van der Waals surface area contributed by atoms with Crippen LogP contribution in [0.15, 0.2) is 18.2 Å². The smallest absolute Gasteiger partial charge is 0.224 e. The number of nitrogens with one attached hydrogen (secondary N) is 1. The average molecular weight is 345 g/mol. The normalized spacial score (nSPS) is 33.2. The Hall–Kier alpha value is -1.59. The molecule has 1 saturated heterocycles. The molecule has 0 radical (unpaired) electrons. The fourth-order valence-electron chi connectivity index (χ4n) is 4.34. The van der Waals surface area contributed by atoms with Gasteiger partial charge in [-0.1, -0.05) is 26.0 Å². The zero-order chi connectivity index (χ0) is 17.7. The van der Waals surface area contributed by atoms with Crippen molar-refractivity contribution in [2.24, 2.45) is 5.92 Å². The summed E-state index contributed by atoms with van der Waals surface area (Å²) in [7, 11) is 0. The number of ether oxygens (including phenoxy) is 2. The molecule has 2 aliphatic heterocycles. The van der Waals surface area contributed by atoms with Crippen molar-refractivity contribution in [1.29, 1.82) is 0 Å². The molecule has 1 aliphatic carbocycles. The van der Waals surface area contributed by atoms with Crippen molar-refractivity contribution in [3.63, 3.8) is 0 Å². The van der Waals surface area contributed by atoms with Crippen LogP contribution in [0, 0.1) is 5.92 Å². The van der Waals surface area contributed by atoms with Crippen molar-refractivity contribution in [1.82, 2.24) is 5.32 Å². The van der Waals surface area contributed by atoms with E-state index in [0.717, 1.165) is 18.6 Å². The highest BCUT2D eigenvalue weighted by Gasteiger charge is 2.61. The van der Waals surface area contributed by atoms with Crippen LogP contribution in [0.4, 0.5) is 0 Å². The predicted octanol–water partition coefficient (Wildman–Crippen LogP) is 2.12. The highest BCUT2D eigenvalue weighted by atomic mass is 16.5. The lowest BCUT2D eigenvalue weighted by Crippen LogP contribution is -2.53. The summed E-state index contributed by atoms with van der Waals surface area (Å²) < 4.78 is 11.2. The summed E-state index contributed by atoms with van der Waals surface area (Å²) >= 11 is 0. The Kier molecular flexibility index (Phi) is 4.04. The molecule has 5 heteroatoms. The molecular formula is C20H27NO4. The summed E-state index contributed by atoms with van der Waals surface area (Å²) in [5.74, 6) is 1.37. The molecule has 5 nitrogen and oxygen atoms in total. The number of hydrogen-bond donors (Lipinski definition) is 2. The zero-order valence-electron chi connectivity index (χ0n) is 15.0. The van der Waals surface area contributed by atoms with Gasteiger partial charge in [-0.2, -0.15) is 0 Å². The molecule has 25 heavy (non-hydrogen) atoms. The van der Waals surface area contributed by atoms with E-state index in [1.54, 1.807) is 0 Å². The summed E-state index contributed by atoms with van der Waals surface area (Å²) in [6.45, 7) is 5.93. The molecule has 1 saturated carbocycles. The molecule has 1 amide bonds. The van der Waals surface area contributed by atoms with E-state index in [4.69, 9.17) is 9.47 Å². The zero-order valence-corrected chi connectivity index (χ0v) is 15.0. The molecule has 1 aromatic rings. The van der Waals surface area contributed by atoms with Gasteiger partial charge < -0.3 is 19.9 Å². The van der Waals surface area contributed by atoms with Gasteiger partial charge in [0.1, 0.15) is 5.75 Å². The van der Waals surface area contributed by atoms with Crippen LogP contribution in [0.25, 0.3) is 0 Å². The summed E-state index contributed by atoms with van der Waals surface area (Å²) in [4.78, 5) is 12.9. The quantitative estimate of drug-likeness (QED) is 0.877. The van der Waals surface area contributed by atoms with Crippen LogP contribution in [0.1, 0.15) is 50.2 Å². The first-order chi connectivity index (χ1) is 12.0. The van der Waals surface area contributed by atoms with E-state index in [1.807, 2.05) is 0 Å². The molecule has 1 aromatic carbocycles. The molecule has 136 valence electrons. The van der Waals surface area contributed by atoms with Crippen molar-refractivity contribution < 1.29 is 19.4 Å². The Morgan fingerprint density at radius 2 is 2.20 bits per heavy atom. The van der Waals surface area contributed by atoms with Crippen LogP contribution in [0.2, 0.25) is 0 Å². The first-order valence-electron chi connectivity index (χ1n) is 9.28. The molecule has 2 N–H and O–H groups in total. The van der Waals surface area contributed by atoms with Crippen molar-refractivity contribution in [2.75, 3.05) is 26.4 Å². The summed E-state index contributed by atoms with van der Waals surface area (Å²) in [6, 6.07) is 6.41. The molecular weight excluding hydrogens is 318 g/mol. The first kappa shape index (κ1) is 16.9. The monoisotopic (exact) mass is 345 g/mol. The second-order valence-corrected chi connectivity index (χ2v) is 8.15. The van der Waals surface area contributed by atoms with Gasteiger partial charge in [-0.15, -0.1) is 0 Å². The molecule has 0 aromatic heterocycles. The van der Waals surface area contributed by atoms with Gasteiger partial charge in [-0.25, -0.2) is 0 Å². The molecule has 3 atom stereocenters. The highest BCUT2D eigenvalue weighted by Crippen LogP contribution is 2.61. The number of carbonyl (C=O) groups is 1. The minimum Gasteiger partial charge on any atom is -0.493 e. The Balaban J connectivity index is 1.57. The number of rotatable bonds is 4. The van der Waals surface area contributed by atoms with Gasteiger partial charge in [0.15, 0.2) is 0 Å². The molecule has 2 heterocycles. The van der Waals surface area contributed by atoms with E-state index < -0.39 is 5.54 Å². The minimum atomic E-state index is -0.603. The Morgan fingerprint density at radius 3 is 2.88 bits per heavy atom. The number of amides is 1. The van der Waals surface area contributed by atoms with E-state index in [-0.39, 0.29) is 23.8 Å². The van der Waals surface area contributed by atoms with Crippen LogP contribution in [0.5, 0.6) is 5.75 Å². The van der Waals surface area contributed by atoms with Gasteiger partial charge in [-0.05, 0) is 36.8 Å². The fraction of sp³-hybridized carbons (Fsp3) is 0.650. The predicted molar refractivity (Wildman–Crippen MR) is 93.8 cm³/mol. The third-order valence-electron chi connectivity index (χ3n) is 6.20. The lowest BCUT2D eigenvalue weighted by atomic mass is 9.84. The minimum absolute atomic E-state index is 0.0402. The van der Waals surface area contributed by atoms with Crippen LogP contribution < -0.4 is 10.1 Å². The van der Waals surface area contributed by atoms with E-state index in [9.17, 15) is 9.90 Å². The molecule has 3 aliphatic rings. The van der Waals surface area contributed by atoms with Crippen LogP contribution >= 0.6 is 0 Å². The SMILES string of the molecule is CC(C)c1ccc2c(c1)[C@]1(CCO2)C[C@H]1C(=O)NC1(CO)CCOC1. The van der Waals surface area contributed by atoms with Gasteiger partial charge in [0.25, 0.3) is 0 Å². The van der Waals surface area contributed by atoms with Crippen LogP contribution in [0.3, 0.4) is 0 Å². The number of fused-ring (bicyclic) bond motifs is 2. The summed E-state index contributed by atoms with van der Waals surface area (Å²) in [5, 5.41) is 12.8. The number of hydrogen-bond acceptors (Lipinski definition) is 4. The maximum absolute atomic E-state index is 12.9. The van der Waals surface area contributed by atoms with Crippen LogP contribution in [-0.2, 0) is 14.9 Å². The maximum Gasteiger partial charge on any atom is 0.224 e. The van der Waals surface area contributed by atoms with Crippen molar-refractivity contribution in [2.45, 2.75) is 50.0 Å². The van der Waals surface area contributed by atoms with Gasteiger partial charge in [0, 0.05) is 23.5 Å². The average Bonchev–Trinajstić information content (AvgIpc) is 3.14. The summed E-state index contributed by atoms with van der Waals surface area (Å²) in [6.07, 6.45) is 2.41. The largest absolute Gasteiger partial charge is 0.493 e. The molecule has 0 bridgehead atoms. The first-order valence-corrected chi connectivity index (χ1v) is 9.28. The topological polar surface area (TPSA) is 67.8 Å². The fourth-order valence-corrected chi connectivity index (χ4v) is 4.34. The van der Waals surface area contributed by atoms with E-state index in [0.29, 0.717) is 32.2 Å². The van der Waals surface area contributed by atoms with Gasteiger partial charge >= 0.3 is 0 Å². The second-order valence-electron chi connectivity index (χ2n) is 8.15. The third-order valence-corrected chi connectivity index (χ3v) is 6.20. The van der Waals surface area contributed by atoms with E-state index in [2.05, 4.69) is 37.4 Å². The van der Waals surface area contributed by atoms with E-state index >= 15 is 0 Å². The highest BCUT2D eigenvalue weighted by molar-refractivity contribution is 5.85. The Bertz CT molecular complexity index is 680. The number of benzene rings is 1. The van der Waals surface area contributed by atoms with Crippen molar-refractivity contribution in [3.8, 4) is 5.75 Å². The third kappa shape index (κ3) is 2.74. The van der Waals surface area contributed by atoms with Crippen molar-refractivity contribution in [3.05, 3.63) is 29.3 Å². The Morgan fingerprint density at radius 1 is 1.36 bits per heavy atom. The van der Waals surface area contributed by atoms with Gasteiger partial charge in [0.05, 0.1) is 25.4 Å². The number of aliphatic hydroxyl groups is 1. The number of aliphatic hydroxyl groups excluding tert-OH is 1. The van der Waals surface area contributed by atoms with Crippen LogP contribution in [-0.4, -0.2) is 43.0 Å². The molecule has 2 fully saturated rings. The lowest BCUT2D eigenvalue weighted by molar-refractivity contribution is -0.125. The second kappa shape index (κ2) is 5.99. The number of carbonyl (C=O) groups excluding carboxylic acids is 1. The van der Waals surface area contributed by atoms with Gasteiger partial charge in [-0.3, -0.25) is 4.79 Å². The standard InChI is InChI=1S/C20H27NO4/c1-13(2)14-3-4-17-15(9-14)20(6-8-25-17)10-16(20)18(23)21-19(11-22)5-7-24-12-19/h3-4,9,13,16,22H,5-8,10-12H2,1-2H3,(H,21,23)/t16-,19?,20-/m0/s1. The summed E-state index contributed by atoms with van der Waals surface area (Å²) in [5.41, 5.74) is 1.77. The van der Waals surface area contributed by atoms with Gasteiger partial charge in [0.2, 0.25) is 5.91 Å². The van der Waals surface area contributed by atoms with Crippen molar-refractivity contribution >= 4 is 5.91 Å². The molecule has 1 spiro atoms.